The van der Waals surface area contributed by atoms with Crippen LogP contribution in [0.3, 0.4) is 0 Å². The van der Waals surface area contributed by atoms with Crippen LogP contribution in [0.1, 0.15) is 51.6 Å². The van der Waals surface area contributed by atoms with Crippen LogP contribution in [0.25, 0.3) is 22.3 Å². The van der Waals surface area contributed by atoms with Gasteiger partial charge in [0.05, 0.1) is 16.8 Å². The molecule has 0 bridgehead atoms. The Morgan fingerprint density at radius 1 is 0.971 bits per heavy atom. The van der Waals surface area contributed by atoms with Gasteiger partial charge in [0.15, 0.2) is 5.78 Å². The Kier molecular flexibility index (Phi) is 6.15. The zero-order chi connectivity index (χ0) is 23.8. The van der Waals surface area contributed by atoms with Crippen LogP contribution in [0.15, 0.2) is 48.5 Å². The number of carbonyl (C=O) groups is 2. The molecule has 0 aromatic heterocycles. The molecule has 3 N–H and O–H groups in total. The van der Waals surface area contributed by atoms with Gasteiger partial charge in [-0.1, -0.05) is 67.4 Å². The molecule has 6 heteroatoms. The molecule has 34 heavy (non-hydrogen) atoms. The summed E-state index contributed by atoms with van der Waals surface area (Å²) in [5.41, 5.74) is 12.8. The van der Waals surface area contributed by atoms with E-state index in [1.54, 1.807) is 0 Å². The van der Waals surface area contributed by atoms with E-state index in [2.05, 4.69) is 17.1 Å². The average molecular weight is 474 g/mol. The summed E-state index contributed by atoms with van der Waals surface area (Å²) < 4.78 is 0. The Morgan fingerprint density at radius 3 is 2.26 bits per heavy atom. The fourth-order valence-corrected chi connectivity index (χ4v) is 5.58. The van der Waals surface area contributed by atoms with Crippen molar-refractivity contribution in [3.05, 3.63) is 75.8 Å². The van der Waals surface area contributed by atoms with Gasteiger partial charge >= 0.3 is 0 Å². The number of carbonyl (C=O) groups excluding carboxylic acids is 2. The van der Waals surface area contributed by atoms with Gasteiger partial charge in [-0.2, -0.15) is 0 Å². The van der Waals surface area contributed by atoms with Crippen LogP contribution < -0.4 is 16.0 Å². The van der Waals surface area contributed by atoms with Crippen LogP contribution in [0.5, 0.6) is 0 Å². The van der Waals surface area contributed by atoms with Crippen LogP contribution in [0.4, 0.5) is 5.69 Å². The van der Waals surface area contributed by atoms with Gasteiger partial charge in [-0.25, -0.2) is 0 Å². The lowest BCUT2D eigenvalue weighted by molar-refractivity contribution is 0.0999. The van der Waals surface area contributed by atoms with Crippen molar-refractivity contribution >= 4 is 29.0 Å². The summed E-state index contributed by atoms with van der Waals surface area (Å²) >= 11 is 6.73. The Balaban J connectivity index is 1.96. The minimum atomic E-state index is -0.500. The zero-order valence-electron chi connectivity index (χ0n) is 19.3. The van der Waals surface area contributed by atoms with E-state index in [4.69, 9.17) is 17.3 Å². The van der Waals surface area contributed by atoms with Crippen molar-refractivity contribution in [3.63, 3.8) is 0 Å². The molecule has 1 heterocycles. The predicted octanol–water partition coefficient (Wildman–Crippen LogP) is 5.07. The van der Waals surface area contributed by atoms with Gasteiger partial charge in [0.25, 0.3) is 5.91 Å². The van der Waals surface area contributed by atoms with Crippen LogP contribution in [-0.4, -0.2) is 37.9 Å². The molecule has 0 saturated carbocycles. The molecule has 174 valence electrons. The summed E-state index contributed by atoms with van der Waals surface area (Å²) in [7, 11) is 0. The van der Waals surface area contributed by atoms with E-state index < -0.39 is 5.91 Å². The van der Waals surface area contributed by atoms with Crippen molar-refractivity contribution in [2.45, 2.75) is 26.2 Å². The topological polar surface area (TPSA) is 75.4 Å². The van der Waals surface area contributed by atoms with Crippen molar-refractivity contribution < 1.29 is 9.59 Å². The fraction of sp³-hybridized carbons (Fsp3) is 0.286. The van der Waals surface area contributed by atoms with Crippen LogP contribution in [0, 0.1) is 0 Å². The molecule has 0 radical (unpaired) electrons. The maximum atomic E-state index is 13.9. The number of nitrogens with two attached hydrogens (primary N) is 1. The Hall–Kier alpha value is -3.15. The predicted molar refractivity (Wildman–Crippen MR) is 138 cm³/mol. The number of primary amides is 1. The summed E-state index contributed by atoms with van der Waals surface area (Å²) in [6.45, 7) is 5.10. The third-order valence-electron chi connectivity index (χ3n) is 6.85. The van der Waals surface area contributed by atoms with Crippen LogP contribution in [0.2, 0.25) is 5.02 Å². The minimum absolute atomic E-state index is 0.0584. The molecule has 1 amide bonds. The molecule has 1 saturated heterocycles. The molecular weight excluding hydrogens is 446 g/mol. The number of halogens is 1. The van der Waals surface area contributed by atoms with Gasteiger partial charge in [0.1, 0.15) is 0 Å². The average Bonchev–Trinajstić information content (AvgIpc) is 3.15. The molecule has 5 nitrogen and oxygen atoms in total. The first kappa shape index (κ1) is 22.6. The molecule has 1 aliphatic heterocycles. The molecule has 2 aliphatic rings. The summed E-state index contributed by atoms with van der Waals surface area (Å²) in [4.78, 5) is 29.2. The number of piperazine rings is 1. The summed E-state index contributed by atoms with van der Waals surface area (Å²) in [5, 5.41) is 3.95. The molecule has 3 aromatic carbocycles. The van der Waals surface area contributed by atoms with Crippen molar-refractivity contribution in [2.24, 2.45) is 5.73 Å². The number of anilines is 1. The lowest BCUT2D eigenvalue weighted by atomic mass is 9.82. The second-order valence-electron chi connectivity index (χ2n) is 8.89. The van der Waals surface area contributed by atoms with Gasteiger partial charge in [0, 0.05) is 47.9 Å². The fourth-order valence-electron chi connectivity index (χ4n) is 5.35. The van der Waals surface area contributed by atoms with Crippen molar-refractivity contribution in [3.8, 4) is 22.3 Å². The molecule has 0 spiro atoms. The number of nitrogens with zero attached hydrogens (tertiary/aromatic N) is 1. The Bertz CT molecular complexity index is 1300. The first-order chi connectivity index (χ1) is 16.5. The maximum absolute atomic E-state index is 13.9. The first-order valence-corrected chi connectivity index (χ1v) is 12.3. The summed E-state index contributed by atoms with van der Waals surface area (Å²) in [6.07, 6.45) is 2.54. The second-order valence-corrected chi connectivity index (χ2v) is 9.29. The van der Waals surface area contributed by atoms with E-state index >= 15 is 0 Å². The van der Waals surface area contributed by atoms with E-state index in [-0.39, 0.29) is 5.78 Å². The minimum Gasteiger partial charge on any atom is -0.368 e. The molecule has 0 unspecified atom stereocenters. The second kappa shape index (κ2) is 9.24. The Labute approximate surface area is 204 Å². The highest BCUT2D eigenvalue weighted by molar-refractivity contribution is 6.35. The number of amides is 1. The largest absolute Gasteiger partial charge is 0.368 e. The highest BCUT2D eigenvalue weighted by Gasteiger charge is 2.39. The number of fused-ring (bicyclic) bond motifs is 3. The van der Waals surface area contributed by atoms with Crippen LogP contribution >= 0.6 is 11.6 Å². The monoisotopic (exact) mass is 473 g/mol. The number of hydrogen-bond donors (Lipinski definition) is 2. The number of ketones is 1. The summed E-state index contributed by atoms with van der Waals surface area (Å²) in [6, 6.07) is 15.3. The van der Waals surface area contributed by atoms with Crippen molar-refractivity contribution in [1.82, 2.24) is 5.32 Å². The Morgan fingerprint density at radius 2 is 1.62 bits per heavy atom. The lowest BCUT2D eigenvalue weighted by Gasteiger charge is -2.34. The van der Waals surface area contributed by atoms with Gasteiger partial charge in [-0.05, 0) is 35.6 Å². The third kappa shape index (κ3) is 3.60. The molecule has 1 aliphatic carbocycles. The SMILES string of the molecule is CCCCc1c(C(N)=O)c(N2CCNCC2)c2c(c1-c1ccccc1Cl)-c1ccccc1C2=O. The molecule has 5 rings (SSSR count). The quantitative estimate of drug-likeness (QED) is 0.410. The molecule has 1 fully saturated rings. The number of nitrogens with one attached hydrogen (secondary N) is 1. The van der Waals surface area contributed by atoms with E-state index in [9.17, 15) is 9.59 Å². The highest BCUT2D eigenvalue weighted by Crippen LogP contribution is 2.52. The number of hydrogen-bond acceptors (Lipinski definition) is 4. The van der Waals surface area contributed by atoms with Crippen LogP contribution in [-0.2, 0) is 6.42 Å². The van der Waals surface area contributed by atoms with Gasteiger partial charge in [-0.15, -0.1) is 0 Å². The van der Waals surface area contributed by atoms with E-state index in [0.717, 1.165) is 53.7 Å². The van der Waals surface area contributed by atoms with E-state index in [0.29, 0.717) is 46.9 Å². The highest BCUT2D eigenvalue weighted by atomic mass is 35.5. The van der Waals surface area contributed by atoms with Crippen molar-refractivity contribution in [2.75, 3.05) is 31.1 Å². The first-order valence-electron chi connectivity index (χ1n) is 11.9. The van der Waals surface area contributed by atoms with Gasteiger partial charge in [-0.3, -0.25) is 9.59 Å². The van der Waals surface area contributed by atoms with Crippen molar-refractivity contribution in [1.29, 1.82) is 0 Å². The molecule has 0 atom stereocenters. The molecular formula is C28H28ClN3O2. The number of rotatable bonds is 6. The normalized spacial score (nSPS) is 14.8. The van der Waals surface area contributed by atoms with Gasteiger partial charge < -0.3 is 16.0 Å². The maximum Gasteiger partial charge on any atom is 0.251 e. The number of unbranched alkanes of at least 4 members (excludes halogenated alkanes) is 1. The molecule has 3 aromatic rings. The van der Waals surface area contributed by atoms with Gasteiger partial charge in [0.2, 0.25) is 0 Å². The number of benzene rings is 3. The summed E-state index contributed by atoms with van der Waals surface area (Å²) in [5.74, 6) is -0.559. The lowest BCUT2D eigenvalue weighted by Crippen LogP contribution is -2.45. The van der Waals surface area contributed by atoms with E-state index in [1.807, 2.05) is 48.5 Å². The van der Waals surface area contributed by atoms with E-state index in [1.165, 1.54) is 0 Å². The smallest absolute Gasteiger partial charge is 0.251 e. The zero-order valence-corrected chi connectivity index (χ0v) is 20.0. The third-order valence-corrected chi connectivity index (χ3v) is 7.18. The standard InChI is InChI=1S/C28H28ClN3O2/c1-2-3-8-20-22(19-11-6-7-12-21(19)29)23-17-9-4-5-10-18(17)27(33)25(23)26(24(20)28(30)34)32-15-13-31-14-16-32/h4-7,9-12,31H,2-3,8,13-16H2,1H3,(H2,30,34).